The molecule has 29 heavy (non-hydrogen) atoms. The van der Waals surface area contributed by atoms with Crippen LogP contribution in [0.15, 0.2) is 0 Å². The molecule has 0 saturated heterocycles. The van der Waals surface area contributed by atoms with Crippen molar-refractivity contribution in [3.63, 3.8) is 0 Å². The first kappa shape index (κ1) is 29.8. The van der Waals surface area contributed by atoms with Gasteiger partial charge in [0.1, 0.15) is 0 Å². The van der Waals surface area contributed by atoms with Crippen molar-refractivity contribution in [3.8, 4) is 0 Å². The average Bonchev–Trinajstić information content (AvgIpc) is 2.50. The summed E-state index contributed by atoms with van der Waals surface area (Å²) in [6, 6.07) is 1.76. The van der Waals surface area contributed by atoms with Crippen molar-refractivity contribution in [2.24, 2.45) is 0 Å². The molecule has 0 aromatic heterocycles. The number of hydrogen-bond acceptors (Lipinski definition) is 6. The van der Waals surface area contributed by atoms with E-state index in [1.807, 2.05) is 0 Å². The Bertz CT molecular complexity index is 406. The van der Waals surface area contributed by atoms with E-state index in [0.29, 0.717) is 0 Å². The second-order valence-electron chi connectivity index (χ2n) is 10.5. The van der Waals surface area contributed by atoms with Crippen LogP contribution in [-0.4, -0.2) is 63.9 Å². The Kier molecular flexibility index (Phi) is 12.5. The van der Waals surface area contributed by atoms with Gasteiger partial charge in [0.15, 0.2) is 25.0 Å². The molecule has 0 aromatic rings. The molecule has 0 heterocycles. The Labute approximate surface area is 186 Å². The quantitative estimate of drug-likeness (QED) is 0.194. The third kappa shape index (κ3) is 13.8. The standard InChI is InChI=1S/C18H48O6Si5/c1-19-28(20-2,21-3)17-15-13-14-16-18-29(22-25(4,5)6,23-26(7,8)9)24-27(10,11)12/h13-18H2,1-12H3. The fourth-order valence-corrected chi connectivity index (χ4v) is 19.7. The van der Waals surface area contributed by atoms with Gasteiger partial charge in [-0.05, 0) is 71.8 Å². The molecular weight excluding hydrogens is 453 g/mol. The van der Waals surface area contributed by atoms with Gasteiger partial charge < -0.3 is 25.6 Å². The predicted octanol–water partition coefficient (Wildman–Crippen LogP) is 5.92. The van der Waals surface area contributed by atoms with Gasteiger partial charge >= 0.3 is 17.6 Å². The summed E-state index contributed by atoms with van der Waals surface area (Å²) in [5.74, 6) is 0. The zero-order valence-corrected chi connectivity index (χ0v) is 26.2. The Morgan fingerprint density at radius 2 is 0.690 bits per heavy atom. The summed E-state index contributed by atoms with van der Waals surface area (Å²) in [5, 5.41) is 0. The Morgan fingerprint density at radius 1 is 0.414 bits per heavy atom. The first-order chi connectivity index (χ1) is 13.0. The van der Waals surface area contributed by atoms with Crippen molar-refractivity contribution in [2.75, 3.05) is 21.3 Å². The number of hydrogen-bond donors (Lipinski definition) is 0. The molecule has 0 aliphatic carbocycles. The minimum atomic E-state index is -2.70. The van der Waals surface area contributed by atoms with Crippen molar-refractivity contribution >= 4 is 42.6 Å². The van der Waals surface area contributed by atoms with E-state index in [2.05, 4.69) is 58.9 Å². The van der Waals surface area contributed by atoms with Gasteiger partial charge in [-0.15, -0.1) is 0 Å². The third-order valence-corrected chi connectivity index (χ3v) is 18.9. The maximum atomic E-state index is 6.74. The van der Waals surface area contributed by atoms with E-state index >= 15 is 0 Å². The van der Waals surface area contributed by atoms with Crippen LogP contribution in [0.2, 0.25) is 71.0 Å². The van der Waals surface area contributed by atoms with Crippen LogP contribution in [0, 0.1) is 0 Å². The normalized spacial score (nSPS) is 14.5. The Balaban J connectivity index is 5.03. The molecule has 0 spiro atoms. The lowest BCUT2D eigenvalue weighted by molar-refractivity contribution is 0.122. The molecule has 0 unspecified atom stereocenters. The zero-order chi connectivity index (χ0) is 23.0. The van der Waals surface area contributed by atoms with E-state index in [0.717, 1.165) is 37.8 Å². The maximum Gasteiger partial charge on any atom is 0.500 e. The first-order valence-electron chi connectivity index (χ1n) is 10.8. The van der Waals surface area contributed by atoms with Gasteiger partial charge in [0.25, 0.3) is 0 Å². The SMILES string of the molecule is CO[Si](CCCCCC[Si](O[Si](C)(C)C)(O[Si](C)(C)C)O[Si](C)(C)C)(OC)OC. The molecule has 176 valence electrons. The van der Waals surface area contributed by atoms with E-state index in [-0.39, 0.29) is 0 Å². The lowest BCUT2D eigenvalue weighted by Gasteiger charge is -2.43. The molecule has 0 aliphatic rings. The van der Waals surface area contributed by atoms with Gasteiger partial charge in [0.2, 0.25) is 0 Å². The van der Waals surface area contributed by atoms with Crippen LogP contribution in [0.3, 0.4) is 0 Å². The monoisotopic (exact) mass is 500 g/mol. The molecule has 0 bridgehead atoms. The van der Waals surface area contributed by atoms with Gasteiger partial charge in [-0.1, -0.05) is 12.8 Å². The summed E-state index contributed by atoms with van der Waals surface area (Å²) >= 11 is 0. The zero-order valence-electron chi connectivity index (χ0n) is 21.2. The van der Waals surface area contributed by atoms with Crippen LogP contribution < -0.4 is 0 Å². The van der Waals surface area contributed by atoms with Gasteiger partial charge in [-0.3, -0.25) is 0 Å². The van der Waals surface area contributed by atoms with Crippen molar-refractivity contribution in [2.45, 2.75) is 96.7 Å². The third-order valence-electron chi connectivity index (χ3n) is 4.03. The molecule has 0 saturated carbocycles. The van der Waals surface area contributed by atoms with E-state index < -0.39 is 42.6 Å². The Morgan fingerprint density at radius 3 is 0.931 bits per heavy atom. The fraction of sp³-hybridized carbons (Fsp3) is 1.00. The molecular formula is C18H48O6Si5. The van der Waals surface area contributed by atoms with Crippen LogP contribution in [0.4, 0.5) is 0 Å². The molecule has 0 rings (SSSR count). The maximum absolute atomic E-state index is 6.74. The minimum Gasteiger partial charge on any atom is -0.417 e. The molecule has 11 heteroatoms. The molecule has 0 atom stereocenters. The molecule has 0 aromatic carbocycles. The Hall–Kier alpha value is 0.844. The van der Waals surface area contributed by atoms with Crippen LogP contribution in [0.1, 0.15) is 25.7 Å². The van der Waals surface area contributed by atoms with Gasteiger partial charge in [0.05, 0.1) is 0 Å². The highest BCUT2D eigenvalue weighted by molar-refractivity contribution is 6.90. The molecule has 0 fully saturated rings. The molecule has 6 nitrogen and oxygen atoms in total. The highest BCUT2D eigenvalue weighted by Crippen LogP contribution is 2.31. The summed E-state index contributed by atoms with van der Waals surface area (Å²) in [7, 11) is -5.52. The highest BCUT2D eigenvalue weighted by Gasteiger charge is 2.49. The van der Waals surface area contributed by atoms with Crippen molar-refractivity contribution in [1.82, 2.24) is 0 Å². The first-order valence-corrected chi connectivity index (χ1v) is 24.9. The van der Waals surface area contributed by atoms with Crippen LogP contribution >= 0.6 is 0 Å². The summed E-state index contributed by atoms with van der Waals surface area (Å²) in [6.45, 7) is 20.1. The summed E-state index contributed by atoms with van der Waals surface area (Å²) < 4.78 is 36.8. The van der Waals surface area contributed by atoms with Gasteiger partial charge in [-0.25, -0.2) is 0 Å². The molecule has 0 radical (unpaired) electrons. The van der Waals surface area contributed by atoms with E-state index in [1.165, 1.54) is 0 Å². The minimum absolute atomic E-state index is 0.848. The lowest BCUT2D eigenvalue weighted by atomic mass is 10.2. The van der Waals surface area contributed by atoms with Crippen LogP contribution in [-0.2, 0) is 25.6 Å². The van der Waals surface area contributed by atoms with Crippen LogP contribution in [0.25, 0.3) is 0 Å². The van der Waals surface area contributed by atoms with Crippen molar-refractivity contribution < 1.29 is 25.6 Å². The molecule has 0 N–H and O–H groups in total. The fourth-order valence-electron chi connectivity index (χ4n) is 3.21. The summed E-state index contributed by atoms with van der Waals surface area (Å²) in [6.07, 6.45) is 4.33. The van der Waals surface area contributed by atoms with Gasteiger partial charge in [0, 0.05) is 33.4 Å². The van der Waals surface area contributed by atoms with Crippen molar-refractivity contribution in [3.05, 3.63) is 0 Å². The van der Waals surface area contributed by atoms with Crippen LogP contribution in [0.5, 0.6) is 0 Å². The largest absolute Gasteiger partial charge is 0.500 e. The molecule has 0 aliphatic heterocycles. The summed E-state index contributed by atoms with van der Waals surface area (Å²) in [5.41, 5.74) is 0. The smallest absolute Gasteiger partial charge is 0.417 e. The predicted molar refractivity (Wildman–Crippen MR) is 134 cm³/mol. The van der Waals surface area contributed by atoms with Crippen molar-refractivity contribution in [1.29, 1.82) is 0 Å². The van der Waals surface area contributed by atoms with E-state index in [1.54, 1.807) is 21.3 Å². The average molecular weight is 501 g/mol. The highest BCUT2D eigenvalue weighted by atomic mass is 28.5. The molecule has 0 amide bonds. The number of rotatable bonds is 16. The topological polar surface area (TPSA) is 55.4 Å². The van der Waals surface area contributed by atoms with E-state index in [9.17, 15) is 0 Å². The second-order valence-corrected chi connectivity index (χ2v) is 30.6. The van der Waals surface area contributed by atoms with Gasteiger partial charge in [-0.2, -0.15) is 0 Å². The van der Waals surface area contributed by atoms with E-state index in [4.69, 9.17) is 25.6 Å². The second kappa shape index (κ2) is 12.2. The lowest BCUT2D eigenvalue weighted by Crippen LogP contribution is -2.60. The number of unbranched alkanes of at least 4 members (excludes halogenated alkanes) is 3. The summed E-state index contributed by atoms with van der Waals surface area (Å²) in [4.78, 5) is 0.